The van der Waals surface area contributed by atoms with Crippen molar-refractivity contribution in [2.24, 2.45) is 0 Å². The molecule has 1 N–H and O–H groups in total. The summed E-state index contributed by atoms with van der Waals surface area (Å²) < 4.78 is 18.2. The molecule has 0 amide bonds. The predicted molar refractivity (Wildman–Crippen MR) is 66.8 cm³/mol. The van der Waals surface area contributed by atoms with Crippen molar-refractivity contribution in [3.05, 3.63) is 41.7 Å². The van der Waals surface area contributed by atoms with Crippen LogP contribution in [0.3, 0.4) is 0 Å². The third kappa shape index (κ3) is 3.67. The standard InChI is InChI=1S/C14H16FNO2/c15-12-5-1-2-6-13(12)18-14(17)8-7-11-4-3-9-16-10-11/h1-2,4-6,16H,3,7-10H2. The summed E-state index contributed by atoms with van der Waals surface area (Å²) in [5.41, 5.74) is 1.21. The Bertz CT molecular complexity index is 457. The SMILES string of the molecule is O=C(CCC1=CCCNC1)Oc1ccccc1F. The topological polar surface area (TPSA) is 38.3 Å². The van der Waals surface area contributed by atoms with Crippen molar-refractivity contribution in [3.63, 3.8) is 0 Å². The Morgan fingerprint density at radius 3 is 2.94 bits per heavy atom. The largest absolute Gasteiger partial charge is 0.423 e. The molecule has 0 unspecified atom stereocenters. The molecule has 1 heterocycles. The van der Waals surface area contributed by atoms with E-state index in [1.54, 1.807) is 12.1 Å². The first-order valence-corrected chi connectivity index (χ1v) is 6.09. The van der Waals surface area contributed by atoms with Gasteiger partial charge in [-0.25, -0.2) is 4.39 Å². The second-order valence-electron chi connectivity index (χ2n) is 4.23. The third-order valence-corrected chi connectivity index (χ3v) is 2.82. The highest BCUT2D eigenvalue weighted by Gasteiger charge is 2.10. The number of carbonyl (C=O) groups is 1. The molecule has 0 aliphatic carbocycles. The van der Waals surface area contributed by atoms with Gasteiger partial charge in [0.25, 0.3) is 0 Å². The van der Waals surface area contributed by atoms with E-state index in [-0.39, 0.29) is 12.2 Å². The summed E-state index contributed by atoms with van der Waals surface area (Å²) in [6.45, 7) is 1.82. The van der Waals surface area contributed by atoms with E-state index >= 15 is 0 Å². The molecule has 0 fully saturated rings. The lowest BCUT2D eigenvalue weighted by Gasteiger charge is -2.13. The lowest BCUT2D eigenvalue weighted by molar-refractivity contribution is -0.134. The molecular weight excluding hydrogens is 233 g/mol. The van der Waals surface area contributed by atoms with Gasteiger partial charge in [-0.05, 0) is 31.5 Å². The Labute approximate surface area is 106 Å². The van der Waals surface area contributed by atoms with Crippen molar-refractivity contribution in [3.8, 4) is 5.75 Å². The van der Waals surface area contributed by atoms with Crippen molar-refractivity contribution in [2.75, 3.05) is 13.1 Å². The van der Waals surface area contributed by atoms with E-state index in [1.807, 2.05) is 0 Å². The number of ether oxygens (including phenoxy) is 1. The summed E-state index contributed by atoms with van der Waals surface area (Å²) in [6, 6.07) is 5.93. The summed E-state index contributed by atoms with van der Waals surface area (Å²) in [5.74, 6) is -0.908. The molecule has 96 valence electrons. The zero-order chi connectivity index (χ0) is 12.8. The molecule has 0 saturated heterocycles. The fraction of sp³-hybridized carbons (Fsp3) is 0.357. The van der Waals surface area contributed by atoms with Gasteiger partial charge in [-0.3, -0.25) is 4.79 Å². The molecule has 3 nitrogen and oxygen atoms in total. The number of carbonyl (C=O) groups excluding carboxylic acids is 1. The fourth-order valence-electron chi connectivity index (χ4n) is 1.85. The van der Waals surface area contributed by atoms with E-state index in [1.165, 1.54) is 17.7 Å². The van der Waals surface area contributed by atoms with Crippen LogP contribution in [0.25, 0.3) is 0 Å². The summed E-state index contributed by atoms with van der Waals surface area (Å²) >= 11 is 0. The van der Waals surface area contributed by atoms with E-state index in [0.29, 0.717) is 6.42 Å². The van der Waals surface area contributed by atoms with E-state index in [4.69, 9.17) is 4.74 Å². The Hall–Kier alpha value is -1.68. The Balaban J connectivity index is 1.82. The fourth-order valence-corrected chi connectivity index (χ4v) is 1.85. The highest BCUT2D eigenvalue weighted by atomic mass is 19.1. The van der Waals surface area contributed by atoms with Gasteiger partial charge in [0.05, 0.1) is 0 Å². The average molecular weight is 249 g/mol. The summed E-state index contributed by atoms with van der Waals surface area (Å²) in [6.07, 6.45) is 4.09. The zero-order valence-corrected chi connectivity index (χ0v) is 10.1. The summed E-state index contributed by atoms with van der Waals surface area (Å²) in [5, 5.41) is 3.24. The molecule has 0 aromatic heterocycles. The number of halogens is 1. The molecule has 1 aliphatic heterocycles. The average Bonchev–Trinajstić information content (AvgIpc) is 2.40. The van der Waals surface area contributed by atoms with Crippen LogP contribution < -0.4 is 10.1 Å². The van der Waals surface area contributed by atoms with E-state index in [9.17, 15) is 9.18 Å². The van der Waals surface area contributed by atoms with Gasteiger partial charge in [-0.1, -0.05) is 23.8 Å². The number of esters is 1. The van der Waals surface area contributed by atoms with Crippen LogP contribution >= 0.6 is 0 Å². The summed E-state index contributed by atoms with van der Waals surface area (Å²) in [7, 11) is 0. The number of benzene rings is 1. The zero-order valence-electron chi connectivity index (χ0n) is 10.1. The molecular formula is C14H16FNO2. The van der Waals surface area contributed by atoms with Gasteiger partial charge in [-0.2, -0.15) is 0 Å². The first-order chi connectivity index (χ1) is 8.75. The third-order valence-electron chi connectivity index (χ3n) is 2.82. The Kier molecular flexibility index (Phi) is 4.47. The number of nitrogens with one attached hydrogen (secondary N) is 1. The molecule has 0 atom stereocenters. The molecule has 2 rings (SSSR count). The normalized spacial score (nSPS) is 15.1. The lowest BCUT2D eigenvalue weighted by Crippen LogP contribution is -2.22. The van der Waals surface area contributed by atoms with E-state index in [2.05, 4.69) is 11.4 Å². The van der Waals surface area contributed by atoms with Gasteiger partial charge in [0.1, 0.15) is 0 Å². The van der Waals surface area contributed by atoms with Crippen LogP contribution in [0.5, 0.6) is 5.75 Å². The van der Waals surface area contributed by atoms with Gasteiger partial charge in [-0.15, -0.1) is 0 Å². The van der Waals surface area contributed by atoms with Crippen molar-refractivity contribution in [1.29, 1.82) is 0 Å². The van der Waals surface area contributed by atoms with Crippen LogP contribution in [0.4, 0.5) is 4.39 Å². The number of rotatable bonds is 4. The highest BCUT2D eigenvalue weighted by Crippen LogP contribution is 2.17. The van der Waals surface area contributed by atoms with Crippen molar-refractivity contribution in [1.82, 2.24) is 5.32 Å². The maximum absolute atomic E-state index is 13.2. The molecule has 18 heavy (non-hydrogen) atoms. The van der Waals surface area contributed by atoms with Crippen LogP contribution in [0, 0.1) is 5.82 Å². The summed E-state index contributed by atoms with van der Waals surface area (Å²) in [4.78, 5) is 11.6. The van der Waals surface area contributed by atoms with Crippen molar-refractivity contribution >= 4 is 5.97 Å². The second-order valence-corrected chi connectivity index (χ2v) is 4.23. The Morgan fingerprint density at radius 2 is 2.22 bits per heavy atom. The van der Waals surface area contributed by atoms with E-state index in [0.717, 1.165) is 19.5 Å². The molecule has 0 bridgehead atoms. The molecule has 1 aromatic rings. The first-order valence-electron chi connectivity index (χ1n) is 6.09. The number of para-hydroxylation sites is 1. The second kappa shape index (κ2) is 6.31. The molecule has 0 saturated carbocycles. The first kappa shape index (κ1) is 12.8. The van der Waals surface area contributed by atoms with Gasteiger partial charge < -0.3 is 10.1 Å². The molecule has 1 aliphatic rings. The van der Waals surface area contributed by atoms with Gasteiger partial charge in [0.2, 0.25) is 0 Å². The van der Waals surface area contributed by atoms with Crippen LogP contribution in [0.15, 0.2) is 35.9 Å². The molecule has 0 spiro atoms. The van der Waals surface area contributed by atoms with Gasteiger partial charge in [0.15, 0.2) is 11.6 Å². The van der Waals surface area contributed by atoms with Crippen LogP contribution in [0.1, 0.15) is 19.3 Å². The van der Waals surface area contributed by atoms with Gasteiger partial charge in [0, 0.05) is 13.0 Å². The minimum atomic E-state index is -0.510. The maximum Gasteiger partial charge on any atom is 0.311 e. The minimum Gasteiger partial charge on any atom is -0.423 e. The molecule has 1 aromatic carbocycles. The number of hydrogen-bond acceptors (Lipinski definition) is 3. The predicted octanol–water partition coefficient (Wildman–Crippen LogP) is 2.43. The number of hydrogen-bond donors (Lipinski definition) is 1. The van der Waals surface area contributed by atoms with Crippen molar-refractivity contribution in [2.45, 2.75) is 19.3 Å². The van der Waals surface area contributed by atoms with Gasteiger partial charge >= 0.3 is 5.97 Å². The smallest absolute Gasteiger partial charge is 0.311 e. The van der Waals surface area contributed by atoms with Crippen molar-refractivity contribution < 1.29 is 13.9 Å². The highest BCUT2D eigenvalue weighted by molar-refractivity contribution is 5.72. The minimum absolute atomic E-state index is 0.00162. The lowest BCUT2D eigenvalue weighted by atomic mass is 10.1. The molecule has 0 radical (unpaired) electrons. The molecule has 4 heteroatoms. The maximum atomic E-state index is 13.2. The monoisotopic (exact) mass is 249 g/mol. The van der Waals surface area contributed by atoms with E-state index < -0.39 is 11.8 Å². The van der Waals surface area contributed by atoms with Crippen LogP contribution in [-0.4, -0.2) is 19.1 Å². The van der Waals surface area contributed by atoms with Crippen LogP contribution in [0.2, 0.25) is 0 Å². The van der Waals surface area contributed by atoms with Crippen LogP contribution in [-0.2, 0) is 4.79 Å². The Morgan fingerprint density at radius 1 is 1.39 bits per heavy atom. The quantitative estimate of drug-likeness (QED) is 0.506.